The third kappa shape index (κ3) is 2.91. The molecule has 0 aliphatic rings. The van der Waals surface area contributed by atoms with Gasteiger partial charge in [-0.05, 0) is 26.5 Å². The van der Waals surface area contributed by atoms with Crippen LogP contribution in [0, 0.1) is 6.92 Å². The fraction of sp³-hybridized carbons (Fsp3) is 0.385. The molecule has 0 amide bonds. The molecule has 0 aliphatic carbocycles. The van der Waals surface area contributed by atoms with Gasteiger partial charge in [-0.1, -0.05) is 29.8 Å². The Labute approximate surface area is 101 Å². The molecule has 1 heterocycles. The van der Waals surface area contributed by atoms with Crippen molar-refractivity contribution in [3.05, 3.63) is 47.2 Å². The maximum atomic E-state index is 5.59. The average Bonchev–Trinajstić information content (AvgIpc) is 2.80. The van der Waals surface area contributed by atoms with E-state index < -0.39 is 0 Å². The van der Waals surface area contributed by atoms with E-state index in [9.17, 15) is 0 Å². The van der Waals surface area contributed by atoms with Crippen molar-refractivity contribution in [2.24, 2.45) is 0 Å². The highest BCUT2D eigenvalue weighted by Crippen LogP contribution is 2.13. The molecule has 1 atom stereocenters. The van der Waals surface area contributed by atoms with Crippen LogP contribution in [0.4, 0.5) is 0 Å². The summed E-state index contributed by atoms with van der Waals surface area (Å²) in [6.45, 7) is 4.06. The predicted octanol–water partition coefficient (Wildman–Crippen LogP) is 2.25. The fourth-order valence-corrected chi connectivity index (χ4v) is 1.52. The number of hydrogen-bond acceptors (Lipinski definition) is 4. The lowest BCUT2D eigenvalue weighted by atomic mass is 10.1. The molecule has 2 rings (SSSR count). The molecule has 1 N–H and O–H groups in total. The molecule has 1 aromatic heterocycles. The fourth-order valence-electron chi connectivity index (χ4n) is 1.52. The summed E-state index contributed by atoms with van der Waals surface area (Å²) in [5.41, 5.74) is 2.44. The molecule has 4 nitrogen and oxygen atoms in total. The van der Waals surface area contributed by atoms with Gasteiger partial charge in [0.05, 0.1) is 12.5 Å². The van der Waals surface area contributed by atoms with Gasteiger partial charge < -0.3 is 9.73 Å². The molecule has 0 fully saturated rings. The Morgan fingerprint density at radius 1 is 1.24 bits per heavy atom. The van der Waals surface area contributed by atoms with E-state index in [-0.39, 0.29) is 6.04 Å². The van der Waals surface area contributed by atoms with Gasteiger partial charge in [-0.3, -0.25) is 0 Å². The summed E-state index contributed by atoms with van der Waals surface area (Å²) in [7, 11) is 1.87. The summed E-state index contributed by atoms with van der Waals surface area (Å²) in [5, 5.41) is 11.1. The maximum absolute atomic E-state index is 5.59. The first-order chi connectivity index (χ1) is 8.19. The van der Waals surface area contributed by atoms with Gasteiger partial charge in [0.1, 0.15) is 0 Å². The second kappa shape index (κ2) is 5.10. The molecule has 0 aliphatic heterocycles. The minimum Gasteiger partial charge on any atom is -0.423 e. The van der Waals surface area contributed by atoms with Crippen LogP contribution < -0.4 is 5.32 Å². The molecule has 0 radical (unpaired) electrons. The van der Waals surface area contributed by atoms with Gasteiger partial charge in [-0.15, -0.1) is 10.2 Å². The van der Waals surface area contributed by atoms with Crippen molar-refractivity contribution in [2.45, 2.75) is 26.3 Å². The summed E-state index contributed by atoms with van der Waals surface area (Å²) in [4.78, 5) is 0. The zero-order chi connectivity index (χ0) is 12.3. The molecule has 90 valence electrons. The lowest BCUT2D eigenvalue weighted by molar-refractivity contribution is 0.410. The van der Waals surface area contributed by atoms with Crippen LogP contribution in [-0.4, -0.2) is 17.2 Å². The first-order valence-corrected chi connectivity index (χ1v) is 5.74. The largest absolute Gasteiger partial charge is 0.423 e. The Kier molecular flexibility index (Phi) is 3.54. The molecular weight excluding hydrogens is 214 g/mol. The van der Waals surface area contributed by atoms with Gasteiger partial charge in [-0.2, -0.15) is 0 Å². The summed E-state index contributed by atoms with van der Waals surface area (Å²) in [5.74, 6) is 1.29. The van der Waals surface area contributed by atoms with Gasteiger partial charge in [0.2, 0.25) is 11.8 Å². The van der Waals surface area contributed by atoms with E-state index in [0.29, 0.717) is 18.2 Å². The van der Waals surface area contributed by atoms with Crippen molar-refractivity contribution in [3.8, 4) is 0 Å². The van der Waals surface area contributed by atoms with Crippen LogP contribution in [0.1, 0.15) is 35.9 Å². The Bertz CT molecular complexity index is 476. The van der Waals surface area contributed by atoms with Crippen LogP contribution >= 0.6 is 0 Å². The van der Waals surface area contributed by atoms with Crippen molar-refractivity contribution in [1.82, 2.24) is 15.5 Å². The second-order valence-electron chi connectivity index (χ2n) is 4.21. The molecule has 1 unspecified atom stereocenters. The molecular formula is C13H17N3O. The number of benzene rings is 1. The van der Waals surface area contributed by atoms with Crippen LogP contribution in [0.15, 0.2) is 28.7 Å². The van der Waals surface area contributed by atoms with E-state index in [1.165, 1.54) is 11.1 Å². The van der Waals surface area contributed by atoms with E-state index >= 15 is 0 Å². The lowest BCUT2D eigenvalue weighted by Gasteiger charge is -2.02. The van der Waals surface area contributed by atoms with Crippen LogP contribution in [-0.2, 0) is 6.42 Å². The smallest absolute Gasteiger partial charge is 0.233 e. The highest BCUT2D eigenvalue weighted by atomic mass is 16.4. The number of nitrogens with zero attached hydrogens (tertiary/aromatic N) is 2. The van der Waals surface area contributed by atoms with Gasteiger partial charge in [0, 0.05) is 0 Å². The minimum absolute atomic E-state index is 0.0919. The Morgan fingerprint density at radius 2 is 1.94 bits per heavy atom. The van der Waals surface area contributed by atoms with Crippen LogP contribution in [0.2, 0.25) is 0 Å². The quantitative estimate of drug-likeness (QED) is 0.876. The maximum Gasteiger partial charge on any atom is 0.233 e. The third-order valence-electron chi connectivity index (χ3n) is 2.76. The Morgan fingerprint density at radius 3 is 2.59 bits per heavy atom. The zero-order valence-corrected chi connectivity index (χ0v) is 10.4. The summed E-state index contributed by atoms with van der Waals surface area (Å²) in [6.07, 6.45) is 0.684. The summed E-state index contributed by atoms with van der Waals surface area (Å²) in [6, 6.07) is 8.43. The number of hydrogen-bond donors (Lipinski definition) is 1. The second-order valence-corrected chi connectivity index (χ2v) is 4.21. The normalized spacial score (nSPS) is 12.6. The highest BCUT2D eigenvalue weighted by molar-refractivity contribution is 5.23. The van der Waals surface area contributed by atoms with E-state index in [4.69, 9.17) is 4.42 Å². The van der Waals surface area contributed by atoms with Gasteiger partial charge in [-0.25, -0.2) is 0 Å². The molecule has 1 aromatic carbocycles. The number of aromatic nitrogens is 2. The first-order valence-electron chi connectivity index (χ1n) is 5.74. The standard InChI is InChI=1S/C13H17N3O/c1-9-4-6-11(7-5-9)8-12-15-16-13(17-12)10(2)14-3/h4-7,10,14H,8H2,1-3H3. The Hall–Kier alpha value is -1.68. The van der Waals surface area contributed by atoms with E-state index in [1.54, 1.807) is 0 Å². The highest BCUT2D eigenvalue weighted by Gasteiger charge is 2.11. The molecule has 0 spiro atoms. The zero-order valence-electron chi connectivity index (χ0n) is 10.4. The molecule has 17 heavy (non-hydrogen) atoms. The number of nitrogens with one attached hydrogen (secondary N) is 1. The van der Waals surface area contributed by atoms with E-state index in [1.807, 2.05) is 14.0 Å². The van der Waals surface area contributed by atoms with Gasteiger partial charge in [0.25, 0.3) is 0 Å². The van der Waals surface area contributed by atoms with Crippen molar-refractivity contribution in [3.63, 3.8) is 0 Å². The molecule has 2 aromatic rings. The van der Waals surface area contributed by atoms with Gasteiger partial charge in [0.15, 0.2) is 0 Å². The van der Waals surface area contributed by atoms with E-state index in [2.05, 4.69) is 46.7 Å². The monoisotopic (exact) mass is 231 g/mol. The predicted molar refractivity (Wildman–Crippen MR) is 65.8 cm³/mol. The number of aryl methyl sites for hydroxylation is 1. The lowest BCUT2D eigenvalue weighted by Crippen LogP contribution is -2.12. The van der Waals surface area contributed by atoms with Crippen LogP contribution in [0.25, 0.3) is 0 Å². The molecule has 4 heteroatoms. The van der Waals surface area contributed by atoms with E-state index in [0.717, 1.165) is 0 Å². The molecule has 0 saturated heterocycles. The van der Waals surface area contributed by atoms with Crippen LogP contribution in [0.3, 0.4) is 0 Å². The topological polar surface area (TPSA) is 51.0 Å². The third-order valence-corrected chi connectivity index (χ3v) is 2.76. The summed E-state index contributed by atoms with van der Waals surface area (Å²) >= 11 is 0. The Balaban J connectivity index is 2.08. The number of rotatable bonds is 4. The van der Waals surface area contributed by atoms with Crippen LogP contribution in [0.5, 0.6) is 0 Å². The average molecular weight is 231 g/mol. The molecule has 0 bridgehead atoms. The van der Waals surface area contributed by atoms with Crippen molar-refractivity contribution in [1.29, 1.82) is 0 Å². The molecule has 0 saturated carbocycles. The summed E-state index contributed by atoms with van der Waals surface area (Å²) < 4.78 is 5.59. The van der Waals surface area contributed by atoms with Gasteiger partial charge >= 0.3 is 0 Å². The van der Waals surface area contributed by atoms with Crippen molar-refractivity contribution in [2.75, 3.05) is 7.05 Å². The SMILES string of the molecule is CNC(C)c1nnc(Cc2ccc(C)cc2)o1. The first kappa shape index (κ1) is 11.8. The van der Waals surface area contributed by atoms with Crippen molar-refractivity contribution < 1.29 is 4.42 Å². The van der Waals surface area contributed by atoms with Crippen molar-refractivity contribution >= 4 is 0 Å². The minimum atomic E-state index is 0.0919.